The Bertz CT molecular complexity index is 482. The summed E-state index contributed by atoms with van der Waals surface area (Å²) in [5, 5.41) is 8.78. The second-order valence-corrected chi connectivity index (χ2v) is 5.86. The molecule has 1 saturated heterocycles. The van der Waals surface area contributed by atoms with E-state index < -0.39 is 0 Å². The highest BCUT2D eigenvalue weighted by atomic mass is 16.5. The Labute approximate surface area is 126 Å². The first-order chi connectivity index (χ1) is 10.0. The highest BCUT2D eigenvalue weighted by Gasteiger charge is 2.25. The van der Waals surface area contributed by atoms with E-state index in [0.717, 1.165) is 42.6 Å². The zero-order chi connectivity index (χ0) is 15.4. The van der Waals surface area contributed by atoms with E-state index in [0.29, 0.717) is 6.61 Å². The monoisotopic (exact) mass is 291 g/mol. The van der Waals surface area contributed by atoms with Crippen LogP contribution in [0.2, 0.25) is 0 Å². The van der Waals surface area contributed by atoms with Gasteiger partial charge in [-0.05, 0) is 44.7 Å². The minimum atomic E-state index is 0.0564. The van der Waals surface area contributed by atoms with Crippen molar-refractivity contribution in [3.05, 3.63) is 34.4 Å². The van der Waals surface area contributed by atoms with Gasteiger partial charge in [0.05, 0.1) is 19.3 Å². The van der Waals surface area contributed by atoms with Crippen LogP contribution in [0.4, 0.5) is 0 Å². The van der Waals surface area contributed by atoms with Gasteiger partial charge in [-0.25, -0.2) is 0 Å². The molecule has 1 aromatic rings. The van der Waals surface area contributed by atoms with Crippen LogP contribution >= 0.6 is 0 Å². The van der Waals surface area contributed by atoms with Gasteiger partial charge in [0.25, 0.3) is 5.91 Å². The number of aryl methyl sites for hydroxylation is 3. The number of hydrogen-bond donors (Lipinski definition) is 1. The highest BCUT2D eigenvalue weighted by molar-refractivity contribution is 5.97. The zero-order valence-electron chi connectivity index (χ0n) is 13.2. The molecule has 0 aromatic heterocycles. The second-order valence-electron chi connectivity index (χ2n) is 5.86. The fraction of sp³-hybridized carbons (Fsp3) is 0.588. The molecule has 0 bridgehead atoms. The molecular weight excluding hydrogens is 266 g/mol. The third-order valence-corrected chi connectivity index (χ3v) is 4.06. The lowest BCUT2D eigenvalue weighted by atomic mass is 9.97. The van der Waals surface area contributed by atoms with Gasteiger partial charge in [-0.3, -0.25) is 4.79 Å². The molecule has 1 aromatic carbocycles. The first kappa shape index (κ1) is 16.0. The molecule has 0 radical (unpaired) electrons. The Balaban J connectivity index is 2.02. The summed E-state index contributed by atoms with van der Waals surface area (Å²) in [4.78, 5) is 14.6. The fourth-order valence-electron chi connectivity index (χ4n) is 3.12. The van der Waals surface area contributed by atoms with Crippen molar-refractivity contribution in [3.8, 4) is 0 Å². The molecule has 0 spiro atoms. The van der Waals surface area contributed by atoms with Gasteiger partial charge in [0.15, 0.2) is 0 Å². The highest BCUT2D eigenvalue weighted by Crippen LogP contribution is 2.21. The smallest absolute Gasteiger partial charge is 0.254 e. The number of amides is 1. The molecule has 1 heterocycles. The topological polar surface area (TPSA) is 49.8 Å². The van der Waals surface area contributed by atoms with Crippen molar-refractivity contribution in [2.24, 2.45) is 0 Å². The minimum absolute atomic E-state index is 0.0564. The van der Waals surface area contributed by atoms with Gasteiger partial charge in [0.2, 0.25) is 0 Å². The summed E-state index contributed by atoms with van der Waals surface area (Å²) in [6.45, 7) is 7.95. The summed E-state index contributed by atoms with van der Waals surface area (Å²) >= 11 is 0. The Morgan fingerprint density at radius 3 is 2.33 bits per heavy atom. The van der Waals surface area contributed by atoms with E-state index in [-0.39, 0.29) is 18.6 Å². The van der Waals surface area contributed by atoms with Crippen LogP contribution in [0.1, 0.15) is 39.9 Å². The number of aliphatic hydroxyl groups is 1. The molecule has 1 amide bonds. The maximum atomic E-state index is 12.7. The van der Waals surface area contributed by atoms with Crippen molar-refractivity contribution in [1.29, 1.82) is 0 Å². The van der Waals surface area contributed by atoms with Gasteiger partial charge in [-0.15, -0.1) is 0 Å². The van der Waals surface area contributed by atoms with Gasteiger partial charge in [-0.1, -0.05) is 17.7 Å². The Morgan fingerprint density at radius 1 is 1.24 bits per heavy atom. The van der Waals surface area contributed by atoms with Crippen LogP contribution in [0.3, 0.4) is 0 Å². The lowest BCUT2D eigenvalue weighted by Crippen LogP contribution is -2.41. The number of hydrogen-bond acceptors (Lipinski definition) is 3. The molecule has 1 fully saturated rings. The summed E-state index contributed by atoms with van der Waals surface area (Å²) in [5.41, 5.74) is 4.14. The standard InChI is InChI=1S/C17H25NO3/c1-12-10-13(2)16(14(3)11-12)17(20)18-6-4-15(5-7-18)21-9-8-19/h10-11,15,19H,4-9H2,1-3H3. The second kappa shape index (κ2) is 7.05. The van der Waals surface area contributed by atoms with Gasteiger partial charge in [0, 0.05) is 18.7 Å². The Hall–Kier alpha value is -1.39. The lowest BCUT2D eigenvalue weighted by Gasteiger charge is -2.32. The van der Waals surface area contributed by atoms with E-state index in [2.05, 4.69) is 19.1 Å². The summed E-state index contributed by atoms with van der Waals surface area (Å²) in [5.74, 6) is 0.130. The number of carbonyl (C=O) groups excluding carboxylic acids is 1. The Kier molecular flexibility index (Phi) is 5.37. The number of carbonyl (C=O) groups is 1. The molecule has 0 unspecified atom stereocenters. The summed E-state index contributed by atoms with van der Waals surface area (Å²) in [6.07, 6.45) is 1.85. The van der Waals surface area contributed by atoms with Crippen molar-refractivity contribution >= 4 is 5.91 Å². The normalized spacial score (nSPS) is 16.3. The van der Waals surface area contributed by atoms with Crippen LogP contribution in [0, 0.1) is 20.8 Å². The Morgan fingerprint density at radius 2 is 1.81 bits per heavy atom. The first-order valence-corrected chi connectivity index (χ1v) is 7.62. The fourth-order valence-corrected chi connectivity index (χ4v) is 3.12. The molecule has 0 saturated carbocycles. The average molecular weight is 291 g/mol. The molecule has 116 valence electrons. The largest absolute Gasteiger partial charge is 0.394 e. The van der Waals surface area contributed by atoms with Gasteiger partial charge < -0.3 is 14.7 Å². The lowest BCUT2D eigenvalue weighted by molar-refractivity contribution is -0.00556. The molecule has 1 aliphatic rings. The number of rotatable bonds is 4. The number of benzene rings is 1. The number of piperidine rings is 1. The minimum Gasteiger partial charge on any atom is -0.394 e. The predicted molar refractivity (Wildman–Crippen MR) is 82.6 cm³/mol. The van der Waals surface area contributed by atoms with Crippen molar-refractivity contribution in [2.75, 3.05) is 26.3 Å². The van der Waals surface area contributed by atoms with Gasteiger partial charge in [-0.2, -0.15) is 0 Å². The molecular formula is C17H25NO3. The molecule has 1 N–H and O–H groups in total. The number of nitrogens with zero attached hydrogens (tertiary/aromatic N) is 1. The van der Waals surface area contributed by atoms with Crippen molar-refractivity contribution in [1.82, 2.24) is 4.90 Å². The van der Waals surface area contributed by atoms with Crippen LogP contribution in [0.15, 0.2) is 12.1 Å². The molecule has 4 heteroatoms. The third kappa shape index (κ3) is 3.83. The number of likely N-dealkylation sites (tertiary alicyclic amines) is 1. The first-order valence-electron chi connectivity index (χ1n) is 7.62. The predicted octanol–water partition coefficient (Wildman–Crippen LogP) is 2.23. The van der Waals surface area contributed by atoms with Crippen molar-refractivity contribution in [2.45, 2.75) is 39.7 Å². The van der Waals surface area contributed by atoms with Crippen LogP contribution < -0.4 is 0 Å². The van der Waals surface area contributed by atoms with Crippen LogP contribution in [0.5, 0.6) is 0 Å². The molecule has 21 heavy (non-hydrogen) atoms. The maximum Gasteiger partial charge on any atom is 0.254 e. The maximum absolute atomic E-state index is 12.7. The molecule has 0 aliphatic carbocycles. The third-order valence-electron chi connectivity index (χ3n) is 4.06. The number of ether oxygens (including phenoxy) is 1. The van der Waals surface area contributed by atoms with Crippen LogP contribution in [-0.2, 0) is 4.74 Å². The van der Waals surface area contributed by atoms with E-state index in [9.17, 15) is 4.79 Å². The number of aliphatic hydroxyl groups excluding tert-OH is 1. The van der Waals surface area contributed by atoms with E-state index >= 15 is 0 Å². The van der Waals surface area contributed by atoms with E-state index in [1.54, 1.807) is 0 Å². The molecule has 2 rings (SSSR count). The quantitative estimate of drug-likeness (QED) is 0.925. The van der Waals surface area contributed by atoms with Crippen molar-refractivity contribution in [3.63, 3.8) is 0 Å². The molecule has 4 nitrogen and oxygen atoms in total. The van der Waals surface area contributed by atoms with E-state index in [4.69, 9.17) is 9.84 Å². The summed E-state index contributed by atoms with van der Waals surface area (Å²) in [6, 6.07) is 4.13. The average Bonchev–Trinajstić information content (AvgIpc) is 2.44. The van der Waals surface area contributed by atoms with Crippen molar-refractivity contribution < 1.29 is 14.6 Å². The summed E-state index contributed by atoms with van der Waals surface area (Å²) < 4.78 is 5.54. The molecule has 1 aliphatic heterocycles. The van der Waals surface area contributed by atoms with Gasteiger partial charge in [0.1, 0.15) is 0 Å². The zero-order valence-corrected chi connectivity index (χ0v) is 13.2. The van der Waals surface area contributed by atoms with Crippen LogP contribution in [0.25, 0.3) is 0 Å². The summed E-state index contributed by atoms with van der Waals surface area (Å²) in [7, 11) is 0. The van der Waals surface area contributed by atoms with Crippen LogP contribution in [-0.4, -0.2) is 48.3 Å². The molecule has 0 atom stereocenters. The van der Waals surface area contributed by atoms with Gasteiger partial charge >= 0.3 is 0 Å². The van der Waals surface area contributed by atoms with E-state index in [1.165, 1.54) is 5.56 Å². The SMILES string of the molecule is Cc1cc(C)c(C(=O)N2CCC(OCCO)CC2)c(C)c1. The van der Waals surface area contributed by atoms with E-state index in [1.807, 2.05) is 18.7 Å².